The van der Waals surface area contributed by atoms with E-state index in [4.69, 9.17) is 0 Å². The number of hydrogen-bond acceptors (Lipinski definition) is 2. The van der Waals surface area contributed by atoms with Gasteiger partial charge in [0.15, 0.2) is 12.4 Å². The van der Waals surface area contributed by atoms with E-state index in [0.717, 1.165) is 18.7 Å². The standard InChI is InChI=1S/C22H25N3O.HI/c1-4-24-14-7-8-17(16-24)11-13-22-21(2,3)18-9-5-6-10-19(18)25(22)15-12-20(26)23-22;/h5-11,13-14,16H,4,12,15H2,1-3H3;1H/b13-11+;. The Bertz CT molecular complexity index is 893. The summed E-state index contributed by atoms with van der Waals surface area (Å²) in [5.74, 6) is 0.114. The molecule has 1 fully saturated rings. The molecule has 4 rings (SSSR count). The number of fused-ring (bicyclic) bond motifs is 3. The van der Waals surface area contributed by atoms with Gasteiger partial charge in [0.2, 0.25) is 5.91 Å². The number of rotatable bonds is 3. The SMILES string of the molecule is CC[n+]1cccc(/C=C/C23NC(=O)CCN2c2ccccc2C3(C)C)c1.[I-]. The van der Waals surface area contributed by atoms with Gasteiger partial charge in [0.1, 0.15) is 12.2 Å². The van der Waals surface area contributed by atoms with Crippen LogP contribution in [0.5, 0.6) is 0 Å². The average Bonchev–Trinajstić information content (AvgIpc) is 2.85. The van der Waals surface area contributed by atoms with Crippen LogP contribution in [0.25, 0.3) is 6.08 Å². The van der Waals surface area contributed by atoms with Crippen LogP contribution >= 0.6 is 0 Å². The molecule has 1 atom stereocenters. The zero-order valence-corrected chi connectivity index (χ0v) is 18.2. The minimum atomic E-state index is -0.543. The molecule has 0 saturated carbocycles. The molecule has 5 heteroatoms. The van der Waals surface area contributed by atoms with E-state index in [1.807, 2.05) is 0 Å². The van der Waals surface area contributed by atoms with Crippen LogP contribution in [0.2, 0.25) is 0 Å². The second kappa shape index (κ2) is 7.26. The fraction of sp³-hybridized carbons (Fsp3) is 0.364. The summed E-state index contributed by atoms with van der Waals surface area (Å²) in [7, 11) is 0. The van der Waals surface area contributed by atoms with Crippen molar-refractivity contribution in [3.63, 3.8) is 0 Å². The molecule has 3 heterocycles. The lowest BCUT2D eigenvalue weighted by atomic mass is 9.74. The molecule has 1 N–H and O–H groups in total. The Hall–Kier alpha value is -1.89. The maximum Gasteiger partial charge on any atom is 0.223 e. The molecule has 27 heavy (non-hydrogen) atoms. The third kappa shape index (κ3) is 3.06. The molecule has 1 amide bonds. The van der Waals surface area contributed by atoms with Crippen molar-refractivity contribution in [1.29, 1.82) is 0 Å². The van der Waals surface area contributed by atoms with Gasteiger partial charge in [-0.3, -0.25) is 4.79 Å². The molecule has 2 aromatic rings. The van der Waals surface area contributed by atoms with Crippen molar-refractivity contribution in [3.05, 3.63) is 66.0 Å². The van der Waals surface area contributed by atoms with E-state index >= 15 is 0 Å². The largest absolute Gasteiger partial charge is 1.00 e. The Kier molecular flexibility index (Phi) is 5.34. The number of hydrogen-bond donors (Lipinski definition) is 1. The van der Waals surface area contributed by atoms with Gasteiger partial charge in [-0.15, -0.1) is 0 Å². The number of amides is 1. The first-order valence-corrected chi connectivity index (χ1v) is 9.34. The lowest BCUT2D eigenvalue weighted by Crippen LogP contribution is -3.00. The van der Waals surface area contributed by atoms with Crippen LogP contribution in [0, 0.1) is 0 Å². The second-order valence-electron chi connectivity index (χ2n) is 7.66. The van der Waals surface area contributed by atoms with E-state index in [0.29, 0.717) is 6.42 Å². The Morgan fingerprint density at radius 2 is 2.00 bits per heavy atom. The summed E-state index contributed by atoms with van der Waals surface area (Å²) < 4.78 is 2.16. The van der Waals surface area contributed by atoms with Crippen LogP contribution in [0.15, 0.2) is 54.9 Å². The summed E-state index contributed by atoms with van der Waals surface area (Å²) >= 11 is 0. The normalized spacial score (nSPS) is 22.8. The smallest absolute Gasteiger partial charge is 0.223 e. The van der Waals surface area contributed by atoms with Gasteiger partial charge in [-0.1, -0.05) is 32.0 Å². The highest BCUT2D eigenvalue weighted by Crippen LogP contribution is 2.52. The molecule has 1 aromatic carbocycles. The van der Waals surface area contributed by atoms with Gasteiger partial charge < -0.3 is 34.2 Å². The molecular weight excluding hydrogens is 449 g/mol. The quantitative estimate of drug-likeness (QED) is 0.503. The van der Waals surface area contributed by atoms with E-state index in [1.165, 1.54) is 11.3 Å². The van der Waals surface area contributed by atoms with Crippen LogP contribution in [0.1, 0.15) is 38.3 Å². The van der Waals surface area contributed by atoms with Crippen LogP contribution in [-0.4, -0.2) is 18.1 Å². The monoisotopic (exact) mass is 475 g/mol. The Balaban J connectivity index is 0.00000210. The van der Waals surface area contributed by atoms with Crippen molar-refractivity contribution in [2.24, 2.45) is 0 Å². The van der Waals surface area contributed by atoms with Gasteiger partial charge in [-0.05, 0) is 36.8 Å². The maximum absolute atomic E-state index is 12.4. The summed E-state index contributed by atoms with van der Waals surface area (Å²) in [6, 6.07) is 12.7. The first-order valence-electron chi connectivity index (χ1n) is 9.34. The zero-order valence-electron chi connectivity index (χ0n) is 16.1. The average molecular weight is 475 g/mol. The van der Waals surface area contributed by atoms with Crippen LogP contribution in [0.3, 0.4) is 0 Å². The molecule has 142 valence electrons. The van der Waals surface area contributed by atoms with Crippen molar-refractivity contribution in [2.75, 3.05) is 11.4 Å². The van der Waals surface area contributed by atoms with Crippen LogP contribution in [0.4, 0.5) is 5.69 Å². The van der Waals surface area contributed by atoms with E-state index in [1.54, 1.807) is 0 Å². The molecule has 0 bridgehead atoms. The predicted octanol–water partition coefficient (Wildman–Crippen LogP) is 0.0252. The van der Waals surface area contributed by atoms with E-state index < -0.39 is 5.66 Å². The highest BCUT2D eigenvalue weighted by Gasteiger charge is 2.57. The van der Waals surface area contributed by atoms with E-state index in [9.17, 15) is 4.79 Å². The number of halogens is 1. The van der Waals surface area contributed by atoms with Gasteiger partial charge in [0, 0.05) is 35.7 Å². The van der Waals surface area contributed by atoms with Crippen LogP contribution < -0.4 is 38.8 Å². The summed E-state index contributed by atoms with van der Waals surface area (Å²) in [5, 5.41) is 3.32. The maximum atomic E-state index is 12.4. The minimum absolute atomic E-state index is 0. The van der Waals surface area contributed by atoms with Crippen molar-refractivity contribution in [3.8, 4) is 0 Å². The van der Waals surface area contributed by atoms with Gasteiger partial charge in [0.05, 0.1) is 0 Å². The summed E-state index contributed by atoms with van der Waals surface area (Å²) in [4.78, 5) is 14.7. The number of carbonyl (C=O) groups is 1. The van der Waals surface area contributed by atoms with Crippen molar-refractivity contribution < 1.29 is 33.3 Å². The number of pyridine rings is 1. The molecule has 1 saturated heterocycles. The Labute approximate surface area is 178 Å². The molecule has 0 aliphatic carbocycles. The Morgan fingerprint density at radius 1 is 1.22 bits per heavy atom. The van der Waals surface area contributed by atoms with Crippen molar-refractivity contribution in [1.82, 2.24) is 5.32 Å². The molecule has 4 nitrogen and oxygen atoms in total. The number of benzene rings is 1. The lowest BCUT2D eigenvalue weighted by Gasteiger charge is -2.49. The number of aromatic nitrogens is 1. The van der Waals surface area contributed by atoms with E-state index in [2.05, 4.69) is 96.5 Å². The highest BCUT2D eigenvalue weighted by atomic mass is 127. The number of aryl methyl sites for hydroxylation is 1. The zero-order chi connectivity index (χ0) is 18.4. The van der Waals surface area contributed by atoms with Crippen molar-refractivity contribution in [2.45, 2.75) is 44.8 Å². The highest BCUT2D eigenvalue weighted by molar-refractivity contribution is 5.84. The summed E-state index contributed by atoms with van der Waals surface area (Å²) in [6.07, 6.45) is 9.05. The summed E-state index contributed by atoms with van der Waals surface area (Å²) in [6.45, 7) is 8.25. The predicted molar refractivity (Wildman–Crippen MR) is 104 cm³/mol. The van der Waals surface area contributed by atoms with Gasteiger partial charge in [0.25, 0.3) is 0 Å². The summed E-state index contributed by atoms with van der Waals surface area (Å²) in [5.41, 5.74) is 2.86. The molecule has 1 aromatic heterocycles. The second-order valence-corrected chi connectivity index (χ2v) is 7.66. The fourth-order valence-corrected chi connectivity index (χ4v) is 4.37. The van der Waals surface area contributed by atoms with Gasteiger partial charge >= 0.3 is 0 Å². The molecule has 0 radical (unpaired) electrons. The number of carbonyl (C=O) groups excluding carboxylic acids is 1. The third-order valence-corrected chi connectivity index (χ3v) is 5.90. The first kappa shape index (κ1) is 19.9. The topological polar surface area (TPSA) is 36.2 Å². The first-order chi connectivity index (χ1) is 12.5. The molecule has 2 aliphatic rings. The number of anilines is 1. The molecular formula is C22H26IN3O. The lowest BCUT2D eigenvalue weighted by molar-refractivity contribution is -0.693. The molecule has 2 aliphatic heterocycles. The molecule has 1 unspecified atom stereocenters. The number of nitrogens with one attached hydrogen (secondary N) is 1. The minimum Gasteiger partial charge on any atom is -1.00 e. The third-order valence-electron chi connectivity index (χ3n) is 5.90. The van der Waals surface area contributed by atoms with Crippen LogP contribution in [-0.2, 0) is 16.8 Å². The number of nitrogens with zero attached hydrogens (tertiary/aromatic N) is 2. The fourth-order valence-electron chi connectivity index (χ4n) is 4.37. The van der Waals surface area contributed by atoms with E-state index in [-0.39, 0.29) is 35.3 Å². The Morgan fingerprint density at radius 3 is 2.78 bits per heavy atom. The number of para-hydroxylation sites is 1. The van der Waals surface area contributed by atoms with Crippen molar-refractivity contribution >= 4 is 17.7 Å². The van der Waals surface area contributed by atoms with Gasteiger partial charge in [-0.2, -0.15) is 0 Å². The molecule has 0 spiro atoms. The van der Waals surface area contributed by atoms with Gasteiger partial charge in [-0.25, -0.2) is 4.57 Å².